The van der Waals surface area contributed by atoms with Crippen LogP contribution in [-0.4, -0.2) is 38.5 Å². The Morgan fingerprint density at radius 2 is 2.12 bits per heavy atom. The number of hydrogen-bond donors (Lipinski definition) is 0. The molecule has 0 aliphatic carbocycles. The van der Waals surface area contributed by atoms with Crippen LogP contribution >= 0.6 is 0 Å². The zero-order valence-electron chi connectivity index (χ0n) is 10.3. The van der Waals surface area contributed by atoms with Gasteiger partial charge in [-0.25, -0.2) is 0 Å². The van der Waals surface area contributed by atoms with Crippen LogP contribution in [0, 0.1) is 11.8 Å². The molecule has 3 unspecified atom stereocenters. The van der Waals surface area contributed by atoms with E-state index in [2.05, 4.69) is 13.8 Å². The highest BCUT2D eigenvalue weighted by atomic mass is 16.7. The molecule has 1 rings (SSSR count). The third-order valence-corrected chi connectivity index (χ3v) is 2.51. The molecule has 1 saturated heterocycles. The summed E-state index contributed by atoms with van der Waals surface area (Å²) in [5.41, 5.74) is 0. The number of aldehydes is 1. The van der Waals surface area contributed by atoms with Crippen LogP contribution in [0.25, 0.3) is 0 Å². The first-order chi connectivity index (χ1) is 7.63. The minimum absolute atomic E-state index is 0.0395. The third kappa shape index (κ3) is 4.60. The van der Waals surface area contributed by atoms with Crippen LogP contribution in [0.3, 0.4) is 0 Å². The molecule has 1 fully saturated rings. The molecule has 16 heavy (non-hydrogen) atoms. The normalized spacial score (nSPS) is 28.8. The minimum Gasteiger partial charge on any atom is -0.373 e. The third-order valence-electron chi connectivity index (χ3n) is 2.51. The molecule has 3 atom stereocenters. The summed E-state index contributed by atoms with van der Waals surface area (Å²) >= 11 is 0. The number of carbonyl (C=O) groups excluding carboxylic acids is 1. The molecule has 0 aromatic rings. The van der Waals surface area contributed by atoms with Gasteiger partial charge in [0.1, 0.15) is 12.4 Å². The fourth-order valence-corrected chi connectivity index (χ4v) is 1.49. The van der Waals surface area contributed by atoms with E-state index >= 15 is 0 Å². The van der Waals surface area contributed by atoms with E-state index in [1.807, 2.05) is 6.92 Å². The Hall–Kier alpha value is -0.450. The van der Waals surface area contributed by atoms with Gasteiger partial charge in [-0.1, -0.05) is 13.8 Å². The molecule has 1 aliphatic rings. The molecular weight excluding hydrogens is 208 g/mol. The lowest BCUT2D eigenvalue weighted by Crippen LogP contribution is -2.32. The number of carbonyl (C=O) groups is 1. The van der Waals surface area contributed by atoms with Crippen molar-refractivity contribution in [1.29, 1.82) is 0 Å². The Labute approximate surface area is 97.2 Å². The van der Waals surface area contributed by atoms with Crippen LogP contribution in [0.4, 0.5) is 0 Å². The molecule has 4 nitrogen and oxygen atoms in total. The van der Waals surface area contributed by atoms with Crippen LogP contribution < -0.4 is 0 Å². The van der Waals surface area contributed by atoms with Gasteiger partial charge in [0.2, 0.25) is 0 Å². The maximum absolute atomic E-state index is 10.6. The van der Waals surface area contributed by atoms with Crippen molar-refractivity contribution in [3.63, 3.8) is 0 Å². The quantitative estimate of drug-likeness (QED) is 0.673. The van der Waals surface area contributed by atoms with E-state index in [1.165, 1.54) is 0 Å². The molecule has 1 aliphatic heterocycles. The first kappa shape index (κ1) is 13.6. The molecule has 0 saturated carbocycles. The van der Waals surface area contributed by atoms with E-state index in [9.17, 15) is 4.79 Å². The molecule has 94 valence electrons. The van der Waals surface area contributed by atoms with Gasteiger partial charge in [-0.15, -0.1) is 0 Å². The second-order valence-corrected chi connectivity index (χ2v) is 4.69. The van der Waals surface area contributed by atoms with Crippen LogP contribution in [0.2, 0.25) is 0 Å². The van der Waals surface area contributed by atoms with Gasteiger partial charge in [0.15, 0.2) is 6.29 Å². The molecule has 1 heterocycles. The molecular formula is C12H22O4. The van der Waals surface area contributed by atoms with Crippen molar-refractivity contribution in [2.24, 2.45) is 11.8 Å². The zero-order chi connectivity index (χ0) is 12.0. The largest absolute Gasteiger partial charge is 0.373 e. The first-order valence-electron chi connectivity index (χ1n) is 5.93. The van der Waals surface area contributed by atoms with E-state index in [1.54, 1.807) is 0 Å². The standard InChI is InChI=1S/C12H22O4/c1-9(2)7-15-10(3)12-14-5-4-11(6-13)8-16-12/h6,9-12H,4-5,7-8H2,1-3H3. The van der Waals surface area contributed by atoms with Crippen molar-refractivity contribution < 1.29 is 19.0 Å². The van der Waals surface area contributed by atoms with Gasteiger partial charge in [-0.2, -0.15) is 0 Å². The zero-order valence-corrected chi connectivity index (χ0v) is 10.3. The van der Waals surface area contributed by atoms with E-state index < -0.39 is 0 Å². The number of hydrogen-bond acceptors (Lipinski definition) is 4. The van der Waals surface area contributed by atoms with E-state index in [0.717, 1.165) is 12.7 Å². The summed E-state index contributed by atoms with van der Waals surface area (Å²) in [5.74, 6) is 0.457. The van der Waals surface area contributed by atoms with Gasteiger partial charge in [0, 0.05) is 12.5 Å². The lowest BCUT2D eigenvalue weighted by Gasteiger charge is -2.23. The second kappa shape index (κ2) is 6.99. The molecule has 0 amide bonds. The highest BCUT2D eigenvalue weighted by Gasteiger charge is 2.24. The van der Waals surface area contributed by atoms with E-state index in [4.69, 9.17) is 14.2 Å². The molecule has 0 spiro atoms. The molecule has 4 heteroatoms. The van der Waals surface area contributed by atoms with Crippen molar-refractivity contribution in [2.75, 3.05) is 19.8 Å². The summed E-state index contributed by atoms with van der Waals surface area (Å²) in [5, 5.41) is 0. The SMILES string of the molecule is CC(C)COC(C)C1OCCC(C=O)CO1. The summed E-state index contributed by atoms with van der Waals surface area (Å²) in [6.45, 7) is 7.83. The summed E-state index contributed by atoms with van der Waals surface area (Å²) in [4.78, 5) is 10.6. The lowest BCUT2D eigenvalue weighted by molar-refractivity contribution is -0.194. The molecule has 0 aromatic carbocycles. The highest BCUT2D eigenvalue weighted by molar-refractivity contribution is 5.53. The maximum atomic E-state index is 10.6. The Bertz CT molecular complexity index is 205. The average Bonchev–Trinajstić information content (AvgIpc) is 2.50. The smallest absolute Gasteiger partial charge is 0.183 e. The summed E-state index contributed by atoms with van der Waals surface area (Å²) in [6, 6.07) is 0. The summed E-state index contributed by atoms with van der Waals surface area (Å²) < 4.78 is 16.7. The van der Waals surface area contributed by atoms with Gasteiger partial charge in [-0.3, -0.25) is 0 Å². The van der Waals surface area contributed by atoms with Crippen LogP contribution in [0.15, 0.2) is 0 Å². The van der Waals surface area contributed by atoms with Crippen LogP contribution in [0.1, 0.15) is 27.2 Å². The summed E-state index contributed by atoms with van der Waals surface area (Å²) in [6.07, 6.45) is 1.24. The fourth-order valence-electron chi connectivity index (χ4n) is 1.49. The van der Waals surface area contributed by atoms with Gasteiger partial charge in [0.05, 0.1) is 13.2 Å². The Kier molecular flexibility index (Phi) is 5.95. The van der Waals surface area contributed by atoms with Crippen LogP contribution in [0.5, 0.6) is 0 Å². The first-order valence-corrected chi connectivity index (χ1v) is 5.93. The Morgan fingerprint density at radius 1 is 1.38 bits per heavy atom. The number of ether oxygens (including phenoxy) is 3. The highest BCUT2D eigenvalue weighted by Crippen LogP contribution is 2.15. The molecule has 0 bridgehead atoms. The van der Waals surface area contributed by atoms with Crippen molar-refractivity contribution >= 4 is 6.29 Å². The predicted molar refractivity (Wildman–Crippen MR) is 60.1 cm³/mol. The molecule has 0 aromatic heterocycles. The monoisotopic (exact) mass is 230 g/mol. The van der Waals surface area contributed by atoms with E-state index in [-0.39, 0.29) is 18.3 Å². The van der Waals surface area contributed by atoms with Crippen LogP contribution in [-0.2, 0) is 19.0 Å². The Balaban J connectivity index is 2.32. The van der Waals surface area contributed by atoms with Gasteiger partial charge in [-0.05, 0) is 19.3 Å². The fraction of sp³-hybridized carbons (Fsp3) is 0.917. The van der Waals surface area contributed by atoms with Gasteiger partial charge < -0.3 is 19.0 Å². The van der Waals surface area contributed by atoms with Crippen molar-refractivity contribution in [2.45, 2.75) is 39.6 Å². The second-order valence-electron chi connectivity index (χ2n) is 4.69. The molecule has 0 radical (unpaired) electrons. The Morgan fingerprint density at radius 3 is 2.75 bits per heavy atom. The van der Waals surface area contributed by atoms with Crippen molar-refractivity contribution in [3.05, 3.63) is 0 Å². The van der Waals surface area contributed by atoms with Crippen molar-refractivity contribution in [1.82, 2.24) is 0 Å². The summed E-state index contributed by atoms with van der Waals surface area (Å²) in [7, 11) is 0. The predicted octanol–water partition coefficient (Wildman–Crippen LogP) is 1.63. The topological polar surface area (TPSA) is 44.8 Å². The van der Waals surface area contributed by atoms with Gasteiger partial charge >= 0.3 is 0 Å². The number of rotatable bonds is 5. The van der Waals surface area contributed by atoms with Crippen molar-refractivity contribution in [3.8, 4) is 0 Å². The molecule has 0 N–H and O–H groups in total. The lowest BCUT2D eigenvalue weighted by atomic mass is 10.1. The van der Waals surface area contributed by atoms with E-state index in [0.29, 0.717) is 25.7 Å². The van der Waals surface area contributed by atoms with Gasteiger partial charge in [0.25, 0.3) is 0 Å². The average molecular weight is 230 g/mol. The minimum atomic E-state index is -0.344. The maximum Gasteiger partial charge on any atom is 0.183 e.